The molecule has 0 radical (unpaired) electrons. The summed E-state index contributed by atoms with van der Waals surface area (Å²) in [5.74, 6) is 0. The smallest absolute Gasteiger partial charge is 0.309 e. The molecular formula is C61H38F9N3. The fourth-order valence-corrected chi connectivity index (χ4v) is 10.5. The highest BCUT2D eigenvalue weighted by molar-refractivity contribution is 6.13. The van der Waals surface area contributed by atoms with E-state index in [9.17, 15) is 44.8 Å². The number of alkyl halides is 9. The zero-order chi connectivity index (χ0) is 51.3. The summed E-state index contributed by atoms with van der Waals surface area (Å²) in [5.41, 5.74) is 5.86. The van der Waals surface area contributed by atoms with Crippen molar-refractivity contribution < 1.29 is 39.5 Å². The predicted molar refractivity (Wildman–Crippen MR) is 271 cm³/mol. The molecule has 3 nitrogen and oxygen atoms in total. The maximum atomic E-state index is 14.9. The lowest BCUT2D eigenvalue weighted by molar-refractivity contribution is -0.138. The van der Waals surface area contributed by atoms with Gasteiger partial charge in [-0.25, -0.2) is 0 Å². The van der Waals surface area contributed by atoms with Gasteiger partial charge in [-0.3, -0.25) is 0 Å². The molecule has 0 atom stereocenters. The van der Waals surface area contributed by atoms with Crippen LogP contribution >= 0.6 is 0 Å². The Morgan fingerprint density at radius 3 is 1.48 bits per heavy atom. The van der Waals surface area contributed by atoms with E-state index in [-0.39, 0.29) is 16.7 Å². The van der Waals surface area contributed by atoms with E-state index in [1.165, 1.54) is 18.2 Å². The molecule has 2 aromatic heterocycles. The lowest BCUT2D eigenvalue weighted by atomic mass is 9.91. The first-order valence-electron chi connectivity index (χ1n) is 23.1. The van der Waals surface area contributed by atoms with Crippen molar-refractivity contribution in [1.29, 1.82) is 5.26 Å². The van der Waals surface area contributed by atoms with Gasteiger partial charge in [-0.2, -0.15) is 44.8 Å². The van der Waals surface area contributed by atoms with Gasteiger partial charge in [0.05, 0.1) is 61.8 Å². The molecule has 73 heavy (non-hydrogen) atoms. The molecule has 0 aliphatic heterocycles. The van der Waals surface area contributed by atoms with Crippen molar-refractivity contribution in [3.05, 3.63) is 215 Å². The molecule has 11 aromatic rings. The normalized spacial score (nSPS) is 12.4. The average molecular weight is 984 g/mol. The van der Waals surface area contributed by atoms with Gasteiger partial charge < -0.3 is 9.13 Å². The minimum Gasteiger partial charge on any atom is -0.309 e. The highest BCUT2D eigenvalue weighted by Gasteiger charge is 2.36. The number of hydrogen-bond donors (Lipinski definition) is 0. The molecule has 0 N–H and O–H groups in total. The number of nitriles is 1. The Bertz CT molecular complexity index is 4100. The Labute approximate surface area is 412 Å². The summed E-state index contributed by atoms with van der Waals surface area (Å²) in [5, 5.41) is 13.3. The highest BCUT2D eigenvalue weighted by atomic mass is 19.4. The minimum absolute atomic E-state index is 0.00577. The van der Waals surface area contributed by atoms with Crippen LogP contribution in [0.1, 0.15) is 38.9 Å². The summed E-state index contributed by atoms with van der Waals surface area (Å²) in [7, 11) is 0. The molecular weight excluding hydrogens is 946 g/mol. The molecule has 0 bridgehead atoms. The number of halogens is 9. The molecule has 360 valence electrons. The monoisotopic (exact) mass is 983 g/mol. The number of benzene rings is 9. The van der Waals surface area contributed by atoms with Crippen molar-refractivity contribution in [2.24, 2.45) is 0 Å². The van der Waals surface area contributed by atoms with Crippen LogP contribution < -0.4 is 0 Å². The Morgan fingerprint density at radius 2 is 0.904 bits per heavy atom. The first-order valence-corrected chi connectivity index (χ1v) is 23.1. The quantitative estimate of drug-likeness (QED) is 0.153. The summed E-state index contributed by atoms with van der Waals surface area (Å²) in [6.45, 7) is 4.85. The number of fused-ring (bicyclic) bond motifs is 6. The summed E-state index contributed by atoms with van der Waals surface area (Å²) in [4.78, 5) is 0. The number of rotatable bonds is 6. The van der Waals surface area contributed by atoms with Gasteiger partial charge in [-0.1, -0.05) is 103 Å². The van der Waals surface area contributed by atoms with E-state index >= 15 is 0 Å². The largest absolute Gasteiger partial charge is 0.417 e. The van der Waals surface area contributed by atoms with Crippen LogP contribution in [0.4, 0.5) is 39.5 Å². The van der Waals surface area contributed by atoms with Gasteiger partial charge in [0.2, 0.25) is 0 Å². The van der Waals surface area contributed by atoms with Crippen LogP contribution in [0.15, 0.2) is 176 Å². The fraction of sp³-hybridized carbons (Fsp3) is 0.0984. The fourth-order valence-electron chi connectivity index (χ4n) is 10.5. The lowest BCUT2D eigenvalue weighted by Gasteiger charge is -2.21. The van der Waals surface area contributed by atoms with Crippen molar-refractivity contribution in [3.63, 3.8) is 0 Å². The number of nitrogens with zero attached hydrogens (tertiary/aromatic N) is 3. The third kappa shape index (κ3) is 7.96. The Kier molecular flexibility index (Phi) is 10.9. The lowest BCUT2D eigenvalue weighted by Crippen LogP contribution is -2.08. The topological polar surface area (TPSA) is 33.6 Å². The summed E-state index contributed by atoms with van der Waals surface area (Å²) >= 11 is 0. The second-order valence-corrected chi connectivity index (χ2v) is 18.3. The summed E-state index contributed by atoms with van der Waals surface area (Å²) in [6.07, 6.45) is -13.9. The Morgan fingerprint density at radius 1 is 0.384 bits per heavy atom. The first kappa shape index (κ1) is 46.8. The molecule has 0 unspecified atom stereocenters. The summed E-state index contributed by atoms with van der Waals surface area (Å²) < 4.78 is 134. The molecule has 0 saturated carbocycles. The second-order valence-electron chi connectivity index (χ2n) is 18.3. The molecule has 0 spiro atoms. The van der Waals surface area contributed by atoms with Crippen LogP contribution in [0.2, 0.25) is 0 Å². The minimum atomic E-state index is -4.71. The molecule has 11 rings (SSSR count). The van der Waals surface area contributed by atoms with Gasteiger partial charge in [-0.05, 0) is 144 Å². The van der Waals surface area contributed by atoms with Crippen molar-refractivity contribution in [2.45, 2.75) is 39.3 Å². The van der Waals surface area contributed by atoms with Crippen LogP contribution in [0.25, 0.3) is 99.5 Å². The Hall–Kier alpha value is -8.56. The number of hydrogen-bond acceptors (Lipinski definition) is 1. The van der Waals surface area contributed by atoms with Crippen molar-refractivity contribution in [1.82, 2.24) is 9.13 Å². The van der Waals surface area contributed by atoms with Gasteiger partial charge in [0.15, 0.2) is 0 Å². The van der Waals surface area contributed by atoms with Gasteiger partial charge in [-0.15, -0.1) is 0 Å². The van der Waals surface area contributed by atoms with Crippen LogP contribution in [0.5, 0.6) is 0 Å². The molecule has 0 fully saturated rings. The third-order valence-corrected chi connectivity index (χ3v) is 13.8. The second kappa shape index (κ2) is 17.1. The summed E-state index contributed by atoms with van der Waals surface area (Å²) in [6, 6.07) is 50.1. The predicted octanol–water partition coefficient (Wildman–Crippen LogP) is 18.4. The highest BCUT2D eigenvalue weighted by Crippen LogP contribution is 2.47. The van der Waals surface area contributed by atoms with Gasteiger partial charge in [0.25, 0.3) is 0 Å². The average Bonchev–Trinajstić information content (AvgIpc) is 3.87. The van der Waals surface area contributed by atoms with Crippen molar-refractivity contribution >= 4 is 43.6 Å². The van der Waals surface area contributed by atoms with Gasteiger partial charge in [0.1, 0.15) is 0 Å². The molecule has 12 heteroatoms. The third-order valence-electron chi connectivity index (χ3n) is 13.8. The first-order chi connectivity index (χ1) is 34.8. The van der Waals surface area contributed by atoms with Crippen LogP contribution in [0.3, 0.4) is 0 Å². The van der Waals surface area contributed by atoms with Crippen LogP contribution in [-0.4, -0.2) is 9.13 Å². The van der Waals surface area contributed by atoms with E-state index in [2.05, 4.69) is 6.07 Å². The van der Waals surface area contributed by atoms with Crippen molar-refractivity contribution in [3.8, 4) is 62.0 Å². The van der Waals surface area contributed by atoms with E-state index < -0.39 is 35.2 Å². The molecule has 0 saturated heterocycles. The van der Waals surface area contributed by atoms with Crippen LogP contribution in [0, 0.1) is 32.1 Å². The van der Waals surface area contributed by atoms with Gasteiger partial charge in [0, 0.05) is 32.7 Å². The number of aromatic nitrogens is 2. The zero-order valence-electron chi connectivity index (χ0n) is 39.0. The van der Waals surface area contributed by atoms with Crippen molar-refractivity contribution in [2.75, 3.05) is 0 Å². The maximum Gasteiger partial charge on any atom is 0.417 e. The number of aryl methyl sites for hydroxylation is 3. The zero-order valence-corrected chi connectivity index (χ0v) is 39.0. The SMILES string of the molecule is Cc1ccc(-c2ccc3c(c2)c2ccccc2n3-c2cc(-c3c(C)cccc3C(F)(F)F)ccc2-c2ccc(C#N)cc2-n2c3ccccc3c3cc(-c4ccc(C(F)(F)F)cc4C)ccc32)c(C(F)(F)F)c1. The maximum absolute atomic E-state index is 14.9. The van der Waals surface area contributed by atoms with E-state index in [0.717, 1.165) is 40.6 Å². The van der Waals surface area contributed by atoms with E-state index in [1.807, 2.05) is 75.9 Å². The Balaban J connectivity index is 1.20. The van der Waals surface area contributed by atoms with E-state index in [1.54, 1.807) is 87.5 Å². The van der Waals surface area contributed by atoms with E-state index in [0.29, 0.717) is 88.8 Å². The molecule has 9 aromatic carbocycles. The van der Waals surface area contributed by atoms with E-state index in [4.69, 9.17) is 0 Å². The molecule has 2 heterocycles. The molecule has 0 aliphatic carbocycles. The standard InChI is InChI=1S/C61H38F9N3/c1-34-15-21-43(51(27-34)61(68,69)70)39-19-26-55-49(31-39)45-11-5-7-14-53(45)73(55)57-32-40(58-35(2)9-8-12-50(58)60(65,66)67)17-23-47(57)46-22-16-37(33-71)29-56(46)72-52-13-6-4-10-44(52)48-30-38(18-25-54(48)72)42-24-20-41(28-36(42)3)59(62,63)64/h4-32H,1-3H3. The molecule has 0 amide bonds. The number of para-hydroxylation sites is 2. The van der Waals surface area contributed by atoms with Gasteiger partial charge >= 0.3 is 18.5 Å². The van der Waals surface area contributed by atoms with Crippen LogP contribution in [-0.2, 0) is 18.5 Å². The molecule has 0 aliphatic rings.